The van der Waals surface area contributed by atoms with Crippen molar-refractivity contribution in [3.8, 4) is 17.2 Å². The summed E-state index contributed by atoms with van der Waals surface area (Å²) in [6.07, 6.45) is 3.41. The molecular formula is C24H18ClN3. The molecule has 136 valence electrons. The van der Waals surface area contributed by atoms with Gasteiger partial charge in [-0.3, -0.25) is 0 Å². The van der Waals surface area contributed by atoms with Crippen molar-refractivity contribution in [3.63, 3.8) is 0 Å². The van der Waals surface area contributed by atoms with Crippen LogP contribution in [0.1, 0.15) is 28.2 Å². The summed E-state index contributed by atoms with van der Waals surface area (Å²) in [5.74, 6) is 0.944. The number of hydrogen-bond donors (Lipinski definition) is 1. The van der Waals surface area contributed by atoms with Crippen LogP contribution in [-0.4, -0.2) is 9.97 Å². The Labute approximate surface area is 169 Å². The number of benzene rings is 3. The average Bonchev–Trinajstić information content (AvgIpc) is 3.16. The van der Waals surface area contributed by atoms with Crippen molar-refractivity contribution in [3.05, 3.63) is 112 Å². The zero-order valence-corrected chi connectivity index (χ0v) is 15.9. The van der Waals surface area contributed by atoms with E-state index in [2.05, 4.69) is 46.4 Å². The second-order valence-electron chi connectivity index (χ2n) is 6.72. The molecule has 3 nitrogen and oxygen atoms in total. The van der Waals surface area contributed by atoms with Gasteiger partial charge in [0.1, 0.15) is 5.82 Å². The van der Waals surface area contributed by atoms with Crippen molar-refractivity contribution in [2.24, 2.45) is 0 Å². The van der Waals surface area contributed by atoms with E-state index in [0.717, 1.165) is 46.1 Å². The smallest absolute Gasteiger partial charge is 0.110 e. The Bertz CT molecular complexity index is 1120. The fraction of sp³-hybridized carbons (Fsp3) is 0.0833. The fourth-order valence-corrected chi connectivity index (χ4v) is 3.37. The lowest BCUT2D eigenvalue weighted by molar-refractivity contribution is 1.000. The van der Waals surface area contributed by atoms with Gasteiger partial charge in [-0.25, -0.2) is 4.98 Å². The molecule has 28 heavy (non-hydrogen) atoms. The van der Waals surface area contributed by atoms with E-state index in [1.54, 1.807) is 0 Å². The minimum atomic E-state index is 0.676. The molecule has 0 amide bonds. The number of nitriles is 1. The second-order valence-corrected chi connectivity index (χ2v) is 7.16. The lowest BCUT2D eigenvalue weighted by Crippen LogP contribution is -1.93. The molecule has 4 rings (SSSR count). The van der Waals surface area contributed by atoms with Crippen molar-refractivity contribution in [2.45, 2.75) is 12.8 Å². The van der Waals surface area contributed by atoms with E-state index >= 15 is 0 Å². The summed E-state index contributed by atoms with van der Waals surface area (Å²) >= 11 is 6.08. The number of aromatic amines is 1. The van der Waals surface area contributed by atoms with Gasteiger partial charge in [0.2, 0.25) is 0 Å². The number of imidazole rings is 1. The van der Waals surface area contributed by atoms with E-state index in [1.807, 2.05) is 48.7 Å². The van der Waals surface area contributed by atoms with Crippen molar-refractivity contribution in [1.82, 2.24) is 9.97 Å². The quantitative estimate of drug-likeness (QED) is 0.474. The van der Waals surface area contributed by atoms with Crippen molar-refractivity contribution in [1.29, 1.82) is 5.26 Å². The molecule has 1 N–H and O–H groups in total. The van der Waals surface area contributed by atoms with Crippen LogP contribution in [0.4, 0.5) is 0 Å². The third-order valence-corrected chi connectivity index (χ3v) is 4.88. The van der Waals surface area contributed by atoms with Crippen molar-refractivity contribution < 1.29 is 0 Å². The van der Waals surface area contributed by atoms with Crippen LogP contribution in [-0.2, 0) is 12.8 Å². The van der Waals surface area contributed by atoms with Crippen molar-refractivity contribution in [2.75, 3.05) is 0 Å². The highest BCUT2D eigenvalue weighted by atomic mass is 35.5. The maximum absolute atomic E-state index is 8.88. The Morgan fingerprint density at radius 2 is 1.57 bits per heavy atom. The molecule has 3 aromatic carbocycles. The summed E-state index contributed by atoms with van der Waals surface area (Å²) in [5, 5.41) is 9.63. The molecule has 0 bridgehead atoms. The first-order valence-corrected chi connectivity index (χ1v) is 9.44. The summed E-state index contributed by atoms with van der Waals surface area (Å²) in [6.45, 7) is 0. The molecular weight excluding hydrogens is 366 g/mol. The summed E-state index contributed by atoms with van der Waals surface area (Å²) in [6, 6.07) is 26.1. The average molecular weight is 384 g/mol. The Hall–Kier alpha value is -3.35. The van der Waals surface area contributed by atoms with Gasteiger partial charge in [0.15, 0.2) is 0 Å². The minimum Gasteiger partial charge on any atom is -0.345 e. The van der Waals surface area contributed by atoms with Crippen LogP contribution in [0.25, 0.3) is 11.1 Å². The van der Waals surface area contributed by atoms with Crippen LogP contribution in [0.15, 0.2) is 79.0 Å². The van der Waals surface area contributed by atoms with Gasteiger partial charge in [-0.05, 0) is 46.5 Å². The van der Waals surface area contributed by atoms with E-state index < -0.39 is 0 Å². The highest BCUT2D eigenvalue weighted by Crippen LogP contribution is 2.23. The number of nitrogens with zero attached hydrogens (tertiary/aromatic N) is 2. The standard InChI is InChI=1S/C24H18ClN3/c25-22-3-1-2-21(14-22)20-10-8-18(9-11-20)13-24-27-16-23(28-24)12-17-4-6-19(15-26)7-5-17/h1-11,14,16H,12-13H2,(H,27,28). The number of nitrogens with one attached hydrogen (secondary N) is 1. The molecule has 4 aromatic rings. The Morgan fingerprint density at radius 3 is 2.29 bits per heavy atom. The Balaban J connectivity index is 1.42. The van der Waals surface area contributed by atoms with Crippen LogP contribution in [0, 0.1) is 11.3 Å². The number of halogens is 1. The number of aromatic nitrogens is 2. The molecule has 0 atom stereocenters. The normalized spacial score (nSPS) is 10.6. The molecule has 1 heterocycles. The molecule has 0 spiro atoms. The van der Waals surface area contributed by atoms with Gasteiger partial charge in [-0.2, -0.15) is 5.26 Å². The first kappa shape index (κ1) is 18.0. The topological polar surface area (TPSA) is 52.5 Å². The first-order chi connectivity index (χ1) is 13.7. The molecule has 0 aliphatic heterocycles. The second kappa shape index (κ2) is 8.12. The van der Waals surface area contributed by atoms with Crippen LogP contribution in [0.3, 0.4) is 0 Å². The van der Waals surface area contributed by atoms with E-state index in [1.165, 1.54) is 5.56 Å². The zero-order chi connectivity index (χ0) is 19.3. The van der Waals surface area contributed by atoms with E-state index in [9.17, 15) is 0 Å². The minimum absolute atomic E-state index is 0.676. The fourth-order valence-electron chi connectivity index (χ4n) is 3.18. The Morgan fingerprint density at radius 1 is 0.857 bits per heavy atom. The number of H-pyrrole nitrogens is 1. The van der Waals surface area contributed by atoms with Gasteiger partial charge >= 0.3 is 0 Å². The largest absolute Gasteiger partial charge is 0.345 e. The lowest BCUT2D eigenvalue weighted by Gasteiger charge is -2.04. The first-order valence-electron chi connectivity index (χ1n) is 9.06. The van der Waals surface area contributed by atoms with E-state index in [0.29, 0.717) is 5.56 Å². The van der Waals surface area contributed by atoms with Crippen molar-refractivity contribution >= 4 is 11.6 Å². The van der Waals surface area contributed by atoms with E-state index in [-0.39, 0.29) is 0 Å². The predicted molar refractivity (Wildman–Crippen MR) is 112 cm³/mol. The molecule has 0 fully saturated rings. The highest BCUT2D eigenvalue weighted by Gasteiger charge is 2.05. The maximum Gasteiger partial charge on any atom is 0.110 e. The van der Waals surface area contributed by atoms with Gasteiger partial charge in [0.25, 0.3) is 0 Å². The summed E-state index contributed by atoms with van der Waals surface area (Å²) in [7, 11) is 0. The summed E-state index contributed by atoms with van der Waals surface area (Å²) < 4.78 is 0. The molecule has 0 saturated carbocycles. The number of rotatable bonds is 5. The van der Waals surface area contributed by atoms with Gasteiger partial charge < -0.3 is 4.98 Å². The summed E-state index contributed by atoms with van der Waals surface area (Å²) in [5.41, 5.74) is 6.35. The van der Waals surface area contributed by atoms with E-state index in [4.69, 9.17) is 16.9 Å². The molecule has 0 aliphatic carbocycles. The molecule has 0 saturated heterocycles. The maximum atomic E-state index is 8.88. The van der Waals surface area contributed by atoms with Gasteiger partial charge in [0, 0.05) is 29.8 Å². The SMILES string of the molecule is N#Cc1ccc(Cc2cnc(Cc3ccc(-c4cccc(Cl)c4)cc3)[nH]2)cc1. The van der Waals surface area contributed by atoms with Crippen LogP contribution >= 0.6 is 11.6 Å². The van der Waals surface area contributed by atoms with Gasteiger partial charge in [-0.15, -0.1) is 0 Å². The monoisotopic (exact) mass is 383 g/mol. The van der Waals surface area contributed by atoms with Crippen LogP contribution < -0.4 is 0 Å². The highest BCUT2D eigenvalue weighted by molar-refractivity contribution is 6.30. The third-order valence-electron chi connectivity index (χ3n) is 4.64. The lowest BCUT2D eigenvalue weighted by atomic mass is 10.0. The van der Waals surface area contributed by atoms with Crippen LogP contribution in [0.2, 0.25) is 5.02 Å². The molecule has 0 unspecified atom stereocenters. The zero-order valence-electron chi connectivity index (χ0n) is 15.2. The number of hydrogen-bond acceptors (Lipinski definition) is 2. The Kier molecular flexibility index (Phi) is 5.23. The predicted octanol–water partition coefficient (Wildman–Crippen LogP) is 5.78. The van der Waals surface area contributed by atoms with Crippen LogP contribution in [0.5, 0.6) is 0 Å². The van der Waals surface area contributed by atoms with Gasteiger partial charge in [0.05, 0.1) is 11.6 Å². The van der Waals surface area contributed by atoms with Gasteiger partial charge in [-0.1, -0.05) is 60.1 Å². The molecule has 1 aromatic heterocycles. The molecule has 0 aliphatic rings. The molecule has 0 radical (unpaired) electrons. The third kappa shape index (κ3) is 4.31. The molecule has 4 heteroatoms. The summed E-state index contributed by atoms with van der Waals surface area (Å²) in [4.78, 5) is 7.91.